The Balaban J connectivity index is 1.70. The first-order valence-electron chi connectivity index (χ1n) is 11.6. The number of hydrogen-bond donors (Lipinski definition) is 1. The van der Waals surface area contributed by atoms with Crippen LogP contribution in [0.4, 0.5) is 24.5 Å². The van der Waals surface area contributed by atoms with E-state index in [1.165, 1.54) is 18.2 Å². The van der Waals surface area contributed by atoms with Crippen LogP contribution < -0.4 is 15.0 Å². The highest BCUT2D eigenvalue weighted by atomic mass is 35.5. The molecule has 1 heterocycles. The maximum atomic E-state index is 13.9. The number of carbonyl (C=O) groups is 2. The van der Waals surface area contributed by atoms with Gasteiger partial charge in [0.2, 0.25) is 0 Å². The van der Waals surface area contributed by atoms with Crippen molar-refractivity contribution >= 4 is 34.7 Å². The van der Waals surface area contributed by atoms with Gasteiger partial charge in [-0.2, -0.15) is 13.2 Å². The van der Waals surface area contributed by atoms with E-state index in [0.717, 1.165) is 5.56 Å². The zero-order valence-electron chi connectivity index (χ0n) is 19.7. The van der Waals surface area contributed by atoms with Gasteiger partial charge < -0.3 is 10.1 Å². The Kier molecular flexibility index (Phi) is 6.45. The van der Waals surface area contributed by atoms with Gasteiger partial charge in [0, 0.05) is 22.7 Å². The lowest BCUT2D eigenvalue weighted by atomic mass is 9.78. The summed E-state index contributed by atoms with van der Waals surface area (Å²) in [5, 5.41) is 3.59. The van der Waals surface area contributed by atoms with Crippen LogP contribution in [-0.4, -0.2) is 25.0 Å². The number of Topliss-reactive ketones (excluding diaryl/α,β-unsaturated/α-hetero) is 1. The van der Waals surface area contributed by atoms with Crippen LogP contribution in [0.1, 0.15) is 35.9 Å². The number of fused-ring (bicyclic) bond motifs is 1. The first-order chi connectivity index (χ1) is 17.7. The van der Waals surface area contributed by atoms with E-state index in [-0.39, 0.29) is 29.4 Å². The molecular weight excluding hydrogens is 505 g/mol. The van der Waals surface area contributed by atoms with Crippen molar-refractivity contribution in [3.05, 3.63) is 100 Å². The molecule has 0 saturated heterocycles. The topological polar surface area (TPSA) is 58.6 Å². The molecule has 0 bridgehead atoms. The number of halogens is 4. The summed E-state index contributed by atoms with van der Waals surface area (Å²) in [5.74, 6) is -1.91. The zero-order chi connectivity index (χ0) is 26.3. The molecule has 0 fully saturated rings. The fraction of sp³-hybridized carbons (Fsp3) is 0.214. The predicted molar refractivity (Wildman–Crippen MR) is 135 cm³/mol. The standard InChI is InChI=1S/C28H22ClF3N2O3/c1-37-20-12-8-16(9-13-20)18-14-22-25(24(35)15-18)26(17-6-10-19(29)11-7-17)34(27(36)28(30,31)32)23-5-3-2-4-21(23)33-22/h2-13,18,26,33H,14-15H2,1H3/t18-,26+/m0/s1. The smallest absolute Gasteiger partial charge is 0.471 e. The number of ketones is 1. The molecule has 1 aliphatic heterocycles. The van der Waals surface area contributed by atoms with Crippen LogP contribution in [0.3, 0.4) is 0 Å². The Labute approximate surface area is 216 Å². The maximum absolute atomic E-state index is 13.9. The lowest BCUT2D eigenvalue weighted by Crippen LogP contribution is -2.45. The van der Waals surface area contributed by atoms with E-state index in [9.17, 15) is 22.8 Å². The van der Waals surface area contributed by atoms with E-state index < -0.39 is 18.1 Å². The predicted octanol–water partition coefficient (Wildman–Crippen LogP) is 6.81. The number of ether oxygens (including phenoxy) is 1. The Morgan fingerprint density at radius 1 is 0.973 bits per heavy atom. The zero-order valence-corrected chi connectivity index (χ0v) is 20.4. The number of carbonyl (C=O) groups excluding carboxylic acids is 2. The summed E-state index contributed by atoms with van der Waals surface area (Å²) in [6.45, 7) is 0. The first-order valence-corrected chi connectivity index (χ1v) is 12.0. The maximum Gasteiger partial charge on any atom is 0.471 e. The second-order valence-corrected chi connectivity index (χ2v) is 9.40. The third-order valence-corrected chi connectivity index (χ3v) is 6.97. The van der Waals surface area contributed by atoms with Crippen molar-refractivity contribution in [3.8, 4) is 5.75 Å². The molecule has 190 valence electrons. The third kappa shape index (κ3) is 4.69. The number of rotatable bonds is 3. The number of allylic oxidation sites excluding steroid dienone is 1. The Hall–Kier alpha value is -3.78. The Bertz CT molecular complexity index is 1390. The monoisotopic (exact) mass is 526 g/mol. The Morgan fingerprint density at radius 3 is 2.27 bits per heavy atom. The molecule has 1 N–H and O–H groups in total. The normalized spacial score (nSPS) is 19.5. The molecule has 5 nitrogen and oxygen atoms in total. The highest BCUT2D eigenvalue weighted by molar-refractivity contribution is 6.30. The number of para-hydroxylation sites is 2. The minimum absolute atomic E-state index is 0.0352. The van der Waals surface area contributed by atoms with Gasteiger partial charge in [-0.25, -0.2) is 0 Å². The first kappa shape index (κ1) is 24.9. The highest BCUT2D eigenvalue weighted by Gasteiger charge is 2.49. The van der Waals surface area contributed by atoms with Crippen molar-refractivity contribution in [2.24, 2.45) is 0 Å². The van der Waals surface area contributed by atoms with Crippen molar-refractivity contribution in [3.63, 3.8) is 0 Å². The summed E-state index contributed by atoms with van der Waals surface area (Å²) >= 11 is 6.05. The minimum Gasteiger partial charge on any atom is -0.497 e. The van der Waals surface area contributed by atoms with Gasteiger partial charge in [0.1, 0.15) is 5.75 Å². The molecule has 9 heteroatoms. The van der Waals surface area contributed by atoms with Gasteiger partial charge in [-0.05, 0) is 59.9 Å². The minimum atomic E-state index is -5.16. The number of nitrogens with zero attached hydrogens (tertiary/aromatic N) is 1. The highest BCUT2D eigenvalue weighted by Crippen LogP contribution is 2.48. The SMILES string of the molecule is COc1ccc([C@@H]2CC(=O)C3=C(C2)Nc2ccccc2N(C(=O)C(F)(F)F)[C@@H]3c2ccc(Cl)cc2)cc1. The summed E-state index contributed by atoms with van der Waals surface area (Å²) < 4.78 is 47.0. The number of nitrogens with one attached hydrogen (secondary N) is 1. The molecule has 0 unspecified atom stereocenters. The second kappa shape index (κ2) is 9.59. The fourth-order valence-corrected chi connectivity index (χ4v) is 5.15. The average Bonchev–Trinajstić information content (AvgIpc) is 3.03. The lowest BCUT2D eigenvalue weighted by molar-refractivity contribution is -0.170. The molecule has 5 rings (SSSR count). The van der Waals surface area contributed by atoms with E-state index in [1.807, 2.05) is 12.1 Å². The quantitative estimate of drug-likeness (QED) is 0.407. The van der Waals surface area contributed by atoms with E-state index >= 15 is 0 Å². The van der Waals surface area contributed by atoms with Gasteiger partial charge in [-0.3, -0.25) is 14.5 Å². The number of anilines is 2. The van der Waals surface area contributed by atoms with Gasteiger partial charge in [0.15, 0.2) is 5.78 Å². The molecule has 0 aromatic heterocycles. The number of alkyl halides is 3. The molecule has 2 atom stereocenters. The summed E-state index contributed by atoms with van der Waals surface area (Å²) in [7, 11) is 1.56. The van der Waals surface area contributed by atoms with Crippen molar-refractivity contribution in [1.29, 1.82) is 0 Å². The summed E-state index contributed by atoms with van der Waals surface area (Å²) in [4.78, 5) is 27.3. The van der Waals surface area contributed by atoms with Crippen LogP contribution in [0.15, 0.2) is 84.1 Å². The van der Waals surface area contributed by atoms with Crippen LogP contribution in [0.2, 0.25) is 5.02 Å². The van der Waals surface area contributed by atoms with Crippen LogP contribution >= 0.6 is 11.6 Å². The van der Waals surface area contributed by atoms with Crippen molar-refractivity contribution in [1.82, 2.24) is 0 Å². The third-order valence-electron chi connectivity index (χ3n) is 6.72. The molecule has 37 heavy (non-hydrogen) atoms. The molecule has 0 spiro atoms. The van der Waals surface area contributed by atoms with Crippen LogP contribution in [0.25, 0.3) is 0 Å². The van der Waals surface area contributed by atoms with E-state index in [4.69, 9.17) is 16.3 Å². The van der Waals surface area contributed by atoms with Gasteiger partial charge in [0.25, 0.3) is 0 Å². The van der Waals surface area contributed by atoms with Crippen LogP contribution in [0, 0.1) is 0 Å². The molecular formula is C28H22ClF3N2O3. The van der Waals surface area contributed by atoms with Crippen LogP contribution in [-0.2, 0) is 9.59 Å². The van der Waals surface area contributed by atoms with Crippen LogP contribution in [0.5, 0.6) is 5.75 Å². The largest absolute Gasteiger partial charge is 0.497 e. The van der Waals surface area contributed by atoms with Crippen molar-refractivity contribution in [2.45, 2.75) is 31.0 Å². The lowest BCUT2D eigenvalue weighted by Gasteiger charge is -2.35. The molecule has 3 aromatic carbocycles. The van der Waals surface area contributed by atoms with Gasteiger partial charge in [-0.15, -0.1) is 0 Å². The number of methoxy groups -OCH3 is 1. The van der Waals surface area contributed by atoms with E-state index in [2.05, 4.69) is 5.32 Å². The van der Waals surface area contributed by atoms with Gasteiger partial charge >= 0.3 is 12.1 Å². The average molecular weight is 527 g/mol. The van der Waals surface area contributed by atoms with Crippen molar-refractivity contribution < 1.29 is 27.5 Å². The molecule has 2 aliphatic rings. The number of benzene rings is 3. The second-order valence-electron chi connectivity index (χ2n) is 8.96. The van der Waals surface area contributed by atoms with Gasteiger partial charge in [-0.1, -0.05) is 48.0 Å². The Morgan fingerprint density at radius 2 is 1.62 bits per heavy atom. The fourth-order valence-electron chi connectivity index (χ4n) is 5.02. The summed E-state index contributed by atoms with van der Waals surface area (Å²) in [6, 6.07) is 18.5. The van der Waals surface area contributed by atoms with E-state index in [1.54, 1.807) is 49.6 Å². The van der Waals surface area contributed by atoms with Gasteiger partial charge in [0.05, 0.1) is 24.5 Å². The molecule has 0 saturated carbocycles. The van der Waals surface area contributed by atoms with Crippen molar-refractivity contribution in [2.75, 3.05) is 17.3 Å². The van der Waals surface area contributed by atoms with E-state index in [0.29, 0.717) is 39.0 Å². The molecule has 0 radical (unpaired) electrons. The molecule has 3 aromatic rings. The number of amides is 1. The number of hydrogen-bond acceptors (Lipinski definition) is 4. The summed E-state index contributed by atoms with van der Waals surface area (Å²) in [5.41, 5.74) is 2.23. The summed E-state index contributed by atoms with van der Waals surface area (Å²) in [6.07, 6.45) is -4.70. The molecule has 1 amide bonds. The molecule has 1 aliphatic carbocycles.